The highest BCUT2D eigenvalue weighted by atomic mass is 28.3. The van der Waals surface area contributed by atoms with Gasteiger partial charge in [0.1, 0.15) is 0 Å². The van der Waals surface area contributed by atoms with E-state index in [-0.39, 0.29) is 5.20 Å². The Morgan fingerprint density at radius 2 is 2.00 bits per heavy atom. The maximum Gasteiger partial charge on any atom is 0.430 e. The number of carboxylic acid groups (broad SMARTS) is 1. The predicted octanol–water partition coefficient (Wildman–Crippen LogP) is 1.12. The second kappa shape index (κ2) is 6.82. The van der Waals surface area contributed by atoms with Gasteiger partial charge >= 0.3 is 15.3 Å². The Bertz CT molecular complexity index is 187. The lowest BCUT2D eigenvalue weighted by Crippen LogP contribution is -2.27. The van der Waals surface area contributed by atoms with Gasteiger partial charge in [-0.05, 0) is 6.42 Å². The molecular formula is C8H15O4Si. The fourth-order valence-corrected chi connectivity index (χ4v) is 1.94. The standard InChI is InChI=1S/C8H15O4Si/c1-4-5-6-7(8(9)10)13(11-2)12-3/h6H,4-5H2,1-3H3,(H,9,10)/b7-6+. The van der Waals surface area contributed by atoms with Gasteiger partial charge in [-0.2, -0.15) is 0 Å². The lowest BCUT2D eigenvalue weighted by molar-refractivity contribution is -0.132. The van der Waals surface area contributed by atoms with E-state index in [1.54, 1.807) is 6.08 Å². The average Bonchev–Trinajstić information content (AvgIpc) is 2.11. The van der Waals surface area contributed by atoms with Gasteiger partial charge in [-0.1, -0.05) is 19.4 Å². The summed E-state index contributed by atoms with van der Waals surface area (Å²) in [7, 11) is 1.15. The number of hydrogen-bond acceptors (Lipinski definition) is 3. The van der Waals surface area contributed by atoms with Crippen molar-refractivity contribution < 1.29 is 18.8 Å². The van der Waals surface area contributed by atoms with E-state index in [9.17, 15) is 4.79 Å². The fourth-order valence-electron chi connectivity index (χ4n) is 0.850. The molecule has 0 atom stereocenters. The van der Waals surface area contributed by atoms with Crippen LogP contribution in [0.15, 0.2) is 11.3 Å². The van der Waals surface area contributed by atoms with Crippen molar-refractivity contribution in [2.45, 2.75) is 19.8 Å². The largest absolute Gasteiger partial charge is 0.478 e. The first-order valence-electron chi connectivity index (χ1n) is 4.06. The molecule has 0 heterocycles. The molecule has 0 bridgehead atoms. The summed E-state index contributed by atoms with van der Waals surface area (Å²) in [5.41, 5.74) is 0. The molecule has 0 aliphatic rings. The molecule has 5 heteroatoms. The molecule has 0 fully saturated rings. The number of unbranched alkanes of at least 4 members (excludes halogenated alkanes) is 1. The maximum atomic E-state index is 10.8. The molecule has 0 rings (SSSR count). The third-order valence-electron chi connectivity index (χ3n) is 1.46. The molecule has 0 unspecified atom stereocenters. The fraction of sp³-hybridized carbons (Fsp3) is 0.625. The quantitative estimate of drug-likeness (QED) is 0.519. The molecule has 0 amide bonds. The van der Waals surface area contributed by atoms with Crippen molar-refractivity contribution in [3.63, 3.8) is 0 Å². The summed E-state index contributed by atoms with van der Waals surface area (Å²) < 4.78 is 9.90. The van der Waals surface area contributed by atoms with Crippen LogP contribution in [-0.4, -0.2) is 34.6 Å². The van der Waals surface area contributed by atoms with E-state index < -0.39 is 15.3 Å². The highest BCUT2D eigenvalue weighted by molar-refractivity contribution is 6.60. The lowest BCUT2D eigenvalue weighted by atomic mass is 10.3. The van der Waals surface area contributed by atoms with Crippen LogP contribution in [0.4, 0.5) is 0 Å². The van der Waals surface area contributed by atoms with Crippen LogP contribution in [0.2, 0.25) is 0 Å². The summed E-state index contributed by atoms with van der Waals surface area (Å²) in [5.74, 6) is -0.953. The third kappa shape index (κ3) is 4.21. The van der Waals surface area contributed by atoms with Crippen LogP contribution in [0.1, 0.15) is 19.8 Å². The van der Waals surface area contributed by atoms with Crippen molar-refractivity contribution in [2.24, 2.45) is 0 Å². The first-order valence-corrected chi connectivity index (χ1v) is 5.37. The Morgan fingerprint density at radius 1 is 1.46 bits per heavy atom. The Balaban J connectivity index is 4.47. The molecule has 13 heavy (non-hydrogen) atoms. The smallest absolute Gasteiger partial charge is 0.430 e. The topological polar surface area (TPSA) is 55.8 Å². The SMILES string of the molecule is CCC/C=C(\C(=O)O)[Si](OC)OC. The second-order valence-corrected chi connectivity index (χ2v) is 4.34. The molecule has 0 aliphatic heterocycles. The Hall–Kier alpha value is -0.653. The first kappa shape index (κ1) is 12.3. The Kier molecular flexibility index (Phi) is 6.48. The molecule has 4 nitrogen and oxygen atoms in total. The minimum Gasteiger partial charge on any atom is -0.478 e. The van der Waals surface area contributed by atoms with Crippen molar-refractivity contribution in [1.29, 1.82) is 0 Å². The molecule has 1 N–H and O–H groups in total. The molecule has 1 radical (unpaired) electrons. The van der Waals surface area contributed by atoms with Crippen molar-refractivity contribution in [3.05, 3.63) is 11.3 Å². The van der Waals surface area contributed by atoms with Crippen LogP contribution in [-0.2, 0) is 13.6 Å². The predicted molar refractivity (Wildman–Crippen MR) is 50.4 cm³/mol. The van der Waals surface area contributed by atoms with Crippen LogP contribution in [0.3, 0.4) is 0 Å². The number of allylic oxidation sites excluding steroid dienone is 1. The van der Waals surface area contributed by atoms with Gasteiger partial charge in [0.05, 0.1) is 5.20 Å². The van der Waals surface area contributed by atoms with E-state index in [0.29, 0.717) is 0 Å². The number of carbonyl (C=O) groups is 1. The molecule has 75 valence electrons. The van der Waals surface area contributed by atoms with Crippen LogP contribution in [0.5, 0.6) is 0 Å². The van der Waals surface area contributed by atoms with Gasteiger partial charge in [-0.25, -0.2) is 4.79 Å². The maximum absolute atomic E-state index is 10.8. The van der Waals surface area contributed by atoms with Gasteiger partial charge in [-0.15, -0.1) is 0 Å². The van der Waals surface area contributed by atoms with Gasteiger partial charge in [-0.3, -0.25) is 0 Å². The number of rotatable bonds is 6. The molecule has 0 aromatic rings. The minimum atomic E-state index is -1.77. The molecule has 0 aliphatic carbocycles. The van der Waals surface area contributed by atoms with Crippen LogP contribution in [0.25, 0.3) is 0 Å². The van der Waals surface area contributed by atoms with Crippen LogP contribution < -0.4 is 0 Å². The minimum absolute atomic E-state index is 0.261. The monoisotopic (exact) mass is 203 g/mol. The van der Waals surface area contributed by atoms with E-state index >= 15 is 0 Å². The third-order valence-corrected chi connectivity index (χ3v) is 3.06. The highest BCUT2D eigenvalue weighted by Crippen LogP contribution is 2.05. The van der Waals surface area contributed by atoms with Gasteiger partial charge in [0, 0.05) is 14.2 Å². The van der Waals surface area contributed by atoms with E-state index in [1.165, 1.54) is 14.2 Å². The average molecular weight is 203 g/mol. The number of carboxylic acids is 1. The highest BCUT2D eigenvalue weighted by Gasteiger charge is 2.24. The Labute approximate surface area is 80.0 Å². The first-order chi connectivity index (χ1) is 6.17. The number of hydrogen-bond donors (Lipinski definition) is 1. The van der Waals surface area contributed by atoms with E-state index in [0.717, 1.165) is 12.8 Å². The summed E-state index contributed by atoms with van der Waals surface area (Å²) in [5, 5.41) is 9.09. The van der Waals surface area contributed by atoms with Crippen molar-refractivity contribution >= 4 is 15.3 Å². The molecule has 0 aromatic heterocycles. The second-order valence-electron chi connectivity index (χ2n) is 2.41. The van der Waals surface area contributed by atoms with E-state index in [4.69, 9.17) is 14.0 Å². The number of aliphatic carboxylic acids is 1. The summed E-state index contributed by atoms with van der Waals surface area (Å²) in [6.45, 7) is 1.99. The van der Waals surface area contributed by atoms with Crippen molar-refractivity contribution in [3.8, 4) is 0 Å². The Morgan fingerprint density at radius 3 is 2.31 bits per heavy atom. The molecular weight excluding hydrogens is 188 g/mol. The van der Waals surface area contributed by atoms with Gasteiger partial charge < -0.3 is 14.0 Å². The van der Waals surface area contributed by atoms with Gasteiger partial charge in [0.15, 0.2) is 0 Å². The zero-order valence-electron chi connectivity index (χ0n) is 8.16. The summed E-state index contributed by atoms with van der Waals surface area (Å²) in [4.78, 5) is 10.8. The van der Waals surface area contributed by atoms with Crippen molar-refractivity contribution in [1.82, 2.24) is 0 Å². The zero-order valence-corrected chi connectivity index (χ0v) is 9.16. The summed E-state index contributed by atoms with van der Waals surface area (Å²) in [6.07, 6.45) is 3.32. The van der Waals surface area contributed by atoms with Gasteiger partial charge in [0.25, 0.3) is 0 Å². The lowest BCUT2D eigenvalue weighted by Gasteiger charge is -2.09. The summed E-state index contributed by atoms with van der Waals surface area (Å²) in [6, 6.07) is 0. The van der Waals surface area contributed by atoms with Crippen LogP contribution in [0, 0.1) is 0 Å². The van der Waals surface area contributed by atoms with Crippen molar-refractivity contribution in [2.75, 3.05) is 14.2 Å². The molecule has 0 saturated carbocycles. The molecule has 0 aromatic carbocycles. The zero-order chi connectivity index (χ0) is 10.3. The molecule has 0 spiro atoms. The van der Waals surface area contributed by atoms with E-state index in [1.807, 2.05) is 6.92 Å². The van der Waals surface area contributed by atoms with Crippen LogP contribution >= 0.6 is 0 Å². The van der Waals surface area contributed by atoms with E-state index in [2.05, 4.69) is 0 Å². The summed E-state index contributed by atoms with van der Waals surface area (Å²) >= 11 is 0. The normalized spacial score (nSPS) is 12.2. The molecule has 0 saturated heterocycles. The van der Waals surface area contributed by atoms with Gasteiger partial charge in [0.2, 0.25) is 0 Å².